The number of benzene rings is 2. The van der Waals surface area contributed by atoms with Crippen LogP contribution in [0.4, 0.5) is 15.8 Å². The zero-order valence-electron chi connectivity index (χ0n) is 11.1. The third-order valence-electron chi connectivity index (χ3n) is 2.56. The third-order valence-corrected chi connectivity index (χ3v) is 3.98. The molecular formula is C14H13FN2O3S. The summed E-state index contributed by atoms with van der Waals surface area (Å²) < 4.78 is 40.1. The summed E-state index contributed by atoms with van der Waals surface area (Å²) >= 11 is 0. The molecule has 0 fully saturated rings. The van der Waals surface area contributed by atoms with Gasteiger partial charge in [0.2, 0.25) is 5.91 Å². The smallest absolute Gasteiger partial charge is 0.264 e. The van der Waals surface area contributed by atoms with Gasteiger partial charge in [-0.05, 0) is 30.3 Å². The third kappa shape index (κ3) is 3.79. The Morgan fingerprint density at radius 3 is 2.38 bits per heavy atom. The lowest BCUT2D eigenvalue weighted by atomic mass is 10.3. The number of nitrogens with one attached hydrogen (secondary N) is 2. The van der Waals surface area contributed by atoms with Crippen molar-refractivity contribution in [2.45, 2.75) is 11.8 Å². The lowest BCUT2D eigenvalue weighted by Crippen LogP contribution is -2.15. The fourth-order valence-corrected chi connectivity index (χ4v) is 2.87. The van der Waals surface area contributed by atoms with Crippen molar-refractivity contribution >= 4 is 27.3 Å². The van der Waals surface area contributed by atoms with Crippen LogP contribution in [0.3, 0.4) is 0 Å². The second-order valence-electron chi connectivity index (χ2n) is 4.30. The van der Waals surface area contributed by atoms with Crippen molar-refractivity contribution in [2.75, 3.05) is 10.0 Å². The van der Waals surface area contributed by atoms with Crippen molar-refractivity contribution < 1.29 is 17.6 Å². The predicted molar refractivity (Wildman–Crippen MR) is 78.0 cm³/mol. The van der Waals surface area contributed by atoms with Gasteiger partial charge in [-0.3, -0.25) is 9.52 Å². The van der Waals surface area contributed by atoms with Gasteiger partial charge in [0.1, 0.15) is 10.7 Å². The maximum Gasteiger partial charge on any atom is 0.264 e. The van der Waals surface area contributed by atoms with E-state index in [1.54, 1.807) is 12.1 Å². The largest absolute Gasteiger partial charge is 0.326 e. The fraction of sp³-hybridized carbons (Fsp3) is 0.0714. The SMILES string of the molecule is CC(=O)Nc1cccc(NS(=O)(=O)c2ccccc2F)c1. The molecule has 0 aliphatic rings. The van der Waals surface area contributed by atoms with Gasteiger partial charge in [-0.2, -0.15) is 0 Å². The molecule has 7 heteroatoms. The zero-order chi connectivity index (χ0) is 15.5. The lowest BCUT2D eigenvalue weighted by Gasteiger charge is -2.10. The Morgan fingerprint density at radius 1 is 1.05 bits per heavy atom. The molecule has 2 aromatic rings. The first kappa shape index (κ1) is 15.0. The van der Waals surface area contributed by atoms with Gasteiger partial charge in [0.15, 0.2) is 0 Å². The van der Waals surface area contributed by atoms with Crippen LogP contribution in [0.5, 0.6) is 0 Å². The Morgan fingerprint density at radius 2 is 1.71 bits per heavy atom. The van der Waals surface area contributed by atoms with Crippen molar-refractivity contribution in [3.8, 4) is 0 Å². The van der Waals surface area contributed by atoms with Crippen LogP contribution in [-0.4, -0.2) is 14.3 Å². The van der Waals surface area contributed by atoms with Crippen LogP contribution in [0, 0.1) is 5.82 Å². The maximum absolute atomic E-state index is 13.6. The molecule has 0 atom stereocenters. The van der Waals surface area contributed by atoms with Crippen molar-refractivity contribution in [2.24, 2.45) is 0 Å². The van der Waals surface area contributed by atoms with E-state index in [9.17, 15) is 17.6 Å². The van der Waals surface area contributed by atoms with Crippen LogP contribution < -0.4 is 10.0 Å². The molecule has 2 N–H and O–H groups in total. The highest BCUT2D eigenvalue weighted by molar-refractivity contribution is 7.92. The number of rotatable bonds is 4. The number of carbonyl (C=O) groups excluding carboxylic acids is 1. The van der Waals surface area contributed by atoms with Gasteiger partial charge in [-0.15, -0.1) is 0 Å². The minimum Gasteiger partial charge on any atom is -0.326 e. The quantitative estimate of drug-likeness (QED) is 0.911. The van der Waals surface area contributed by atoms with Crippen LogP contribution in [-0.2, 0) is 14.8 Å². The topological polar surface area (TPSA) is 75.3 Å². The molecule has 0 aromatic heterocycles. The molecule has 5 nitrogen and oxygen atoms in total. The zero-order valence-corrected chi connectivity index (χ0v) is 11.9. The van der Waals surface area contributed by atoms with Crippen molar-refractivity contribution in [1.29, 1.82) is 0 Å². The Hall–Kier alpha value is -2.41. The van der Waals surface area contributed by atoms with Gasteiger partial charge in [0, 0.05) is 12.6 Å². The van der Waals surface area contributed by atoms with Gasteiger partial charge >= 0.3 is 0 Å². The van der Waals surface area contributed by atoms with E-state index in [2.05, 4.69) is 10.0 Å². The highest BCUT2D eigenvalue weighted by atomic mass is 32.2. The molecule has 0 heterocycles. The highest BCUT2D eigenvalue weighted by Gasteiger charge is 2.18. The molecule has 0 unspecified atom stereocenters. The van der Waals surface area contributed by atoms with Gasteiger partial charge in [0.05, 0.1) is 5.69 Å². The Bertz CT molecular complexity index is 775. The predicted octanol–water partition coefficient (Wildman–Crippen LogP) is 2.58. The summed E-state index contributed by atoms with van der Waals surface area (Å²) in [6.07, 6.45) is 0. The fourth-order valence-electron chi connectivity index (χ4n) is 1.74. The van der Waals surface area contributed by atoms with Crippen LogP contribution >= 0.6 is 0 Å². The van der Waals surface area contributed by atoms with Crippen molar-refractivity contribution in [3.05, 3.63) is 54.3 Å². The van der Waals surface area contributed by atoms with Gasteiger partial charge in [0.25, 0.3) is 10.0 Å². The van der Waals surface area contributed by atoms with E-state index in [1.165, 1.54) is 37.3 Å². The van der Waals surface area contributed by atoms with E-state index < -0.39 is 20.7 Å². The monoisotopic (exact) mass is 308 g/mol. The van der Waals surface area contributed by atoms with E-state index in [4.69, 9.17) is 0 Å². The summed E-state index contributed by atoms with van der Waals surface area (Å²) in [6.45, 7) is 1.34. The lowest BCUT2D eigenvalue weighted by molar-refractivity contribution is -0.114. The van der Waals surface area contributed by atoms with E-state index in [1.807, 2.05) is 0 Å². The van der Waals surface area contributed by atoms with Crippen molar-refractivity contribution in [1.82, 2.24) is 0 Å². The summed E-state index contributed by atoms with van der Waals surface area (Å²) in [4.78, 5) is 10.5. The molecule has 0 aliphatic carbocycles. The van der Waals surface area contributed by atoms with Crippen LogP contribution in [0.15, 0.2) is 53.4 Å². The molecule has 0 bridgehead atoms. The standard InChI is InChI=1S/C14H13FN2O3S/c1-10(18)16-11-5-4-6-12(9-11)17-21(19,20)14-8-3-2-7-13(14)15/h2-9,17H,1H3,(H,16,18). The number of halogens is 1. The van der Waals surface area contributed by atoms with Gasteiger partial charge < -0.3 is 5.32 Å². The molecule has 0 saturated heterocycles. The number of carbonyl (C=O) groups is 1. The second-order valence-corrected chi connectivity index (χ2v) is 5.95. The molecule has 2 rings (SSSR count). The Kier molecular flexibility index (Phi) is 4.23. The minimum atomic E-state index is -4.03. The molecule has 110 valence electrons. The molecule has 0 radical (unpaired) electrons. The minimum absolute atomic E-state index is 0.226. The Labute approximate surface area is 121 Å². The number of anilines is 2. The van der Waals surface area contributed by atoms with E-state index in [0.717, 1.165) is 6.07 Å². The summed E-state index contributed by atoms with van der Waals surface area (Å²) in [5.41, 5.74) is 0.667. The number of amides is 1. The molecule has 21 heavy (non-hydrogen) atoms. The van der Waals surface area contributed by atoms with Crippen LogP contribution in [0.2, 0.25) is 0 Å². The first-order valence-corrected chi connectivity index (χ1v) is 7.52. The highest BCUT2D eigenvalue weighted by Crippen LogP contribution is 2.21. The van der Waals surface area contributed by atoms with E-state index in [-0.39, 0.29) is 11.6 Å². The molecule has 2 aromatic carbocycles. The van der Waals surface area contributed by atoms with Crippen LogP contribution in [0.25, 0.3) is 0 Å². The summed E-state index contributed by atoms with van der Waals surface area (Å²) in [5, 5.41) is 2.53. The molecule has 0 saturated carbocycles. The second kappa shape index (κ2) is 5.92. The molecule has 0 spiro atoms. The molecular weight excluding hydrogens is 295 g/mol. The van der Waals surface area contributed by atoms with Gasteiger partial charge in [-0.25, -0.2) is 12.8 Å². The first-order valence-electron chi connectivity index (χ1n) is 6.03. The van der Waals surface area contributed by atoms with E-state index in [0.29, 0.717) is 5.69 Å². The van der Waals surface area contributed by atoms with Crippen LogP contribution in [0.1, 0.15) is 6.92 Å². The maximum atomic E-state index is 13.6. The average Bonchev–Trinajstić information content (AvgIpc) is 2.38. The summed E-state index contributed by atoms with van der Waals surface area (Å²) in [5.74, 6) is -1.10. The van der Waals surface area contributed by atoms with Gasteiger partial charge in [-0.1, -0.05) is 18.2 Å². The number of hydrogen-bond donors (Lipinski definition) is 2. The summed E-state index contributed by atoms with van der Waals surface area (Å²) in [7, 11) is -4.03. The average molecular weight is 308 g/mol. The van der Waals surface area contributed by atoms with E-state index >= 15 is 0 Å². The Balaban J connectivity index is 2.29. The summed E-state index contributed by atoms with van der Waals surface area (Å²) in [6, 6.07) is 11.2. The normalized spacial score (nSPS) is 11.0. The number of sulfonamides is 1. The number of hydrogen-bond acceptors (Lipinski definition) is 3. The molecule has 0 aliphatic heterocycles. The molecule has 1 amide bonds. The van der Waals surface area contributed by atoms with Crippen molar-refractivity contribution in [3.63, 3.8) is 0 Å². The first-order chi connectivity index (χ1) is 9.88.